The van der Waals surface area contributed by atoms with Gasteiger partial charge in [0.1, 0.15) is 0 Å². The Morgan fingerprint density at radius 1 is 1.29 bits per heavy atom. The van der Waals surface area contributed by atoms with Crippen molar-refractivity contribution < 1.29 is 9.47 Å². The minimum Gasteiger partial charge on any atom is -0.493 e. The SMILES string of the molecule is COc1ccc(Br)cc1OCC(C)C. The van der Waals surface area contributed by atoms with Gasteiger partial charge < -0.3 is 9.47 Å². The zero-order chi connectivity index (χ0) is 10.6. The highest BCUT2D eigenvalue weighted by atomic mass is 79.9. The zero-order valence-corrected chi connectivity index (χ0v) is 10.3. The fraction of sp³-hybridized carbons (Fsp3) is 0.455. The van der Waals surface area contributed by atoms with Crippen molar-refractivity contribution in [3.8, 4) is 11.5 Å². The lowest BCUT2D eigenvalue weighted by Gasteiger charge is -2.12. The third kappa shape index (κ3) is 3.22. The quantitative estimate of drug-likeness (QED) is 0.824. The van der Waals surface area contributed by atoms with Crippen LogP contribution in [-0.2, 0) is 0 Å². The minimum absolute atomic E-state index is 0.513. The molecule has 1 aromatic carbocycles. The van der Waals surface area contributed by atoms with Gasteiger partial charge in [0, 0.05) is 4.47 Å². The van der Waals surface area contributed by atoms with Crippen LogP contribution in [0.3, 0.4) is 0 Å². The van der Waals surface area contributed by atoms with Gasteiger partial charge in [0.15, 0.2) is 11.5 Å². The molecule has 0 aliphatic heterocycles. The van der Waals surface area contributed by atoms with Crippen molar-refractivity contribution in [3.05, 3.63) is 22.7 Å². The van der Waals surface area contributed by atoms with Crippen LogP contribution < -0.4 is 9.47 Å². The maximum atomic E-state index is 5.62. The van der Waals surface area contributed by atoms with Crippen LogP contribution in [0.4, 0.5) is 0 Å². The van der Waals surface area contributed by atoms with Gasteiger partial charge in [-0.2, -0.15) is 0 Å². The molecule has 1 rings (SSSR count). The molecule has 0 heterocycles. The molecule has 14 heavy (non-hydrogen) atoms. The lowest BCUT2D eigenvalue weighted by Crippen LogP contribution is -2.05. The topological polar surface area (TPSA) is 18.5 Å². The third-order valence-electron chi connectivity index (χ3n) is 1.70. The number of hydrogen-bond acceptors (Lipinski definition) is 2. The van der Waals surface area contributed by atoms with Crippen LogP contribution in [0, 0.1) is 5.92 Å². The standard InChI is InChI=1S/C11H15BrO2/c1-8(2)7-14-11-6-9(12)4-5-10(11)13-3/h4-6,8H,7H2,1-3H3. The first kappa shape index (κ1) is 11.4. The maximum absolute atomic E-state index is 5.62. The molecule has 0 amide bonds. The molecule has 0 atom stereocenters. The van der Waals surface area contributed by atoms with Crippen molar-refractivity contribution in [2.45, 2.75) is 13.8 Å². The van der Waals surface area contributed by atoms with Crippen molar-refractivity contribution in [1.29, 1.82) is 0 Å². The van der Waals surface area contributed by atoms with Crippen molar-refractivity contribution in [2.24, 2.45) is 5.92 Å². The second kappa shape index (κ2) is 5.25. The summed E-state index contributed by atoms with van der Waals surface area (Å²) in [5.74, 6) is 2.07. The summed E-state index contributed by atoms with van der Waals surface area (Å²) in [7, 11) is 1.64. The van der Waals surface area contributed by atoms with E-state index in [0.717, 1.165) is 16.0 Å². The van der Waals surface area contributed by atoms with Gasteiger partial charge in [0.25, 0.3) is 0 Å². The number of ether oxygens (including phenoxy) is 2. The average molecular weight is 259 g/mol. The zero-order valence-electron chi connectivity index (χ0n) is 8.71. The number of rotatable bonds is 4. The predicted octanol–water partition coefficient (Wildman–Crippen LogP) is 3.49. The second-order valence-electron chi connectivity index (χ2n) is 3.50. The molecule has 3 heteroatoms. The van der Waals surface area contributed by atoms with E-state index in [1.807, 2.05) is 18.2 Å². The van der Waals surface area contributed by atoms with Crippen LogP contribution in [0.15, 0.2) is 22.7 Å². The summed E-state index contributed by atoms with van der Waals surface area (Å²) >= 11 is 3.40. The largest absolute Gasteiger partial charge is 0.493 e. The molecule has 0 saturated heterocycles. The first-order valence-corrected chi connectivity index (χ1v) is 5.39. The van der Waals surface area contributed by atoms with E-state index in [9.17, 15) is 0 Å². The van der Waals surface area contributed by atoms with E-state index in [1.165, 1.54) is 0 Å². The van der Waals surface area contributed by atoms with Gasteiger partial charge in [-0.25, -0.2) is 0 Å². The Hall–Kier alpha value is -0.700. The van der Waals surface area contributed by atoms with Crippen molar-refractivity contribution in [2.75, 3.05) is 13.7 Å². The average Bonchev–Trinajstić information content (AvgIpc) is 2.15. The number of halogens is 1. The fourth-order valence-electron chi connectivity index (χ4n) is 1.02. The highest BCUT2D eigenvalue weighted by Crippen LogP contribution is 2.30. The molecular formula is C11H15BrO2. The molecule has 0 aliphatic rings. The Morgan fingerprint density at radius 2 is 2.00 bits per heavy atom. The third-order valence-corrected chi connectivity index (χ3v) is 2.19. The van der Waals surface area contributed by atoms with E-state index in [-0.39, 0.29) is 0 Å². The van der Waals surface area contributed by atoms with Crippen LogP contribution in [0.2, 0.25) is 0 Å². The minimum atomic E-state index is 0.513. The molecule has 0 unspecified atom stereocenters. The van der Waals surface area contributed by atoms with Gasteiger partial charge in [-0.15, -0.1) is 0 Å². The molecule has 0 saturated carbocycles. The maximum Gasteiger partial charge on any atom is 0.162 e. The summed E-state index contributed by atoms with van der Waals surface area (Å²) in [6, 6.07) is 5.74. The summed E-state index contributed by atoms with van der Waals surface area (Å²) in [6.45, 7) is 4.93. The number of benzene rings is 1. The van der Waals surface area contributed by atoms with Crippen LogP contribution in [0.5, 0.6) is 11.5 Å². The summed E-state index contributed by atoms with van der Waals surface area (Å²) in [6.07, 6.45) is 0. The van der Waals surface area contributed by atoms with E-state index in [1.54, 1.807) is 7.11 Å². The molecule has 1 aromatic rings. The van der Waals surface area contributed by atoms with Crippen molar-refractivity contribution >= 4 is 15.9 Å². The Bertz CT molecular complexity index is 297. The number of methoxy groups -OCH3 is 1. The molecular weight excluding hydrogens is 244 g/mol. The smallest absolute Gasteiger partial charge is 0.162 e. The monoisotopic (exact) mass is 258 g/mol. The van der Waals surface area contributed by atoms with Crippen LogP contribution in [0.1, 0.15) is 13.8 Å². The van der Waals surface area contributed by atoms with Crippen LogP contribution in [-0.4, -0.2) is 13.7 Å². The van der Waals surface area contributed by atoms with E-state index < -0.39 is 0 Å². The Morgan fingerprint density at radius 3 is 2.57 bits per heavy atom. The predicted molar refractivity (Wildman–Crippen MR) is 61.0 cm³/mol. The summed E-state index contributed by atoms with van der Waals surface area (Å²) in [5.41, 5.74) is 0. The van der Waals surface area contributed by atoms with Gasteiger partial charge in [-0.3, -0.25) is 0 Å². The summed E-state index contributed by atoms with van der Waals surface area (Å²) in [5, 5.41) is 0. The van der Waals surface area contributed by atoms with Gasteiger partial charge >= 0.3 is 0 Å². The van der Waals surface area contributed by atoms with E-state index >= 15 is 0 Å². The normalized spacial score (nSPS) is 10.4. The lowest BCUT2D eigenvalue weighted by molar-refractivity contribution is 0.256. The van der Waals surface area contributed by atoms with Crippen molar-refractivity contribution in [1.82, 2.24) is 0 Å². The molecule has 0 spiro atoms. The molecule has 0 radical (unpaired) electrons. The number of hydrogen-bond donors (Lipinski definition) is 0. The molecule has 0 bridgehead atoms. The first-order valence-electron chi connectivity index (χ1n) is 4.60. The van der Waals surface area contributed by atoms with Crippen LogP contribution in [0.25, 0.3) is 0 Å². The Kier molecular flexibility index (Phi) is 4.26. The molecule has 0 aliphatic carbocycles. The van der Waals surface area contributed by atoms with E-state index in [4.69, 9.17) is 9.47 Å². The van der Waals surface area contributed by atoms with E-state index in [0.29, 0.717) is 12.5 Å². The summed E-state index contributed by atoms with van der Waals surface area (Å²) in [4.78, 5) is 0. The van der Waals surface area contributed by atoms with Gasteiger partial charge in [-0.05, 0) is 24.1 Å². The first-order chi connectivity index (χ1) is 6.63. The summed E-state index contributed by atoms with van der Waals surface area (Å²) < 4.78 is 11.8. The van der Waals surface area contributed by atoms with E-state index in [2.05, 4.69) is 29.8 Å². The molecule has 78 valence electrons. The molecule has 2 nitrogen and oxygen atoms in total. The second-order valence-corrected chi connectivity index (χ2v) is 4.42. The lowest BCUT2D eigenvalue weighted by atomic mass is 10.2. The van der Waals surface area contributed by atoms with Gasteiger partial charge in [0.2, 0.25) is 0 Å². The molecule has 0 N–H and O–H groups in total. The highest BCUT2D eigenvalue weighted by molar-refractivity contribution is 9.10. The molecule has 0 aromatic heterocycles. The Balaban J connectivity index is 2.77. The van der Waals surface area contributed by atoms with Crippen LogP contribution >= 0.6 is 15.9 Å². The van der Waals surface area contributed by atoms with Gasteiger partial charge in [0.05, 0.1) is 13.7 Å². The Labute approximate surface area is 93.4 Å². The highest BCUT2D eigenvalue weighted by Gasteiger charge is 2.05. The fourth-order valence-corrected chi connectivity index (χ4v) is 1.36. The molecule has 0 fully saturated rings. The van der Waals surface area contributed by atoms with Crippen molar-refractivity contribution in [3.63, 3.8) is 0 Å². The van der Waals surface area contributed by atoms with Gasteiger partial charge in [-0.1, -0.05) is 29.8 Å².